The van der Waals surface area contributed by atoms with Gasteiger partial charge < -0.3 is 0 Å². The number of halogens is 1. The number of pyridine rings is 1. The van der Waals surface area contributed by atoms with Crippen molar-refractivity contribution in [1.82, 2.24) is 4.98 Å². The van der Waals surface area contributed by atoms with Gasteiger partial charge in [-0.1, -0.05) is 11.6 Å². The summed E-state index contributed by atoms with van der Waals surface area (Å²) in [6.07, 6.45) is 2.76. The van der Waals surface area contributed by atoms with Crippen molar-refractivity contribution in [2.45, 2.75) is 0 Å². The highest BCUT2D eigenvalue weighted by molar-refractivity contribution is 6.30. The first-order chi connectivity index (χ1) is 4.70. The van der Waals surface area contributed by atoms with E-state index in [2.05, 4.69) is 4.98 Å². The van der Waals surface area contributed by atoms with Gasteiger partial charge in [0.1, 0.15) is 6.20 Å². The van der Waals surface area contributed by atoms with Crippen LogP contribution in [0.25, 0.3) is 0 Å². The Morgan fingerprint density at radius 2 is 2.30 bits per heavy atom. The topological polar surface area (TPSA) is 59.0 Å². The summed E-state index contributed by atoms with van der Waals surface area (Å²) in [5.74, 6) is 4.86. The van der Waals surface area contributed by atoms with Gasteiger partial charge in [-0.05, 0) is 0 Å². The van der Waals surface area contributed by atoms with Crippen molar-refractivity contribution in [2.75, 3.05) is 0 Å². The molecule has 0 saturated heterocycles. The summed E-state index contributed by atoms with van der Waals surface area (Å²) in [6.45, 7) is 0. The average Bonchev–Trinajstić information content (AvgIpc) is 1.88. The number of nitroso groups, excluding NO2 is 1. The Hall–Kier alpha value is -1.16. The van der Waals surface area contributed by atoms with Gasteiger partial charge in [0.25, 0.3) is 0 Å². The van der Waals surface area contributed by atoms with E-state index in [0.29, 0.717) is 5.02 Å². The van der Waals surface area contributed by atoms with Crippen molar-refractivity contribution >= 4 is 17.3 Å². The third-order valence-corrected chi connectivity index (χ3v) is 1.15. The minimum Gasteiger partial charge on any atom is -0.256 e. The number of nitrogens with two attached hydrogens (primary N) is 1. The molecule has 0 bridgehead atoms. The molecule has 10 heavy (non-hydrogen) atoms. The molecule has 1 rings (SSSR count). The average molecular weight is 159 g/mol. The lowest BCUT2D eigenvalue weighted by Gasteiger charge is -1.85. The summed E-state index contributed by atoms with van der Waals surface area (Å²) >= 11 is 5.51. The molecule has 2 N–H and O–H groups in total. The standard InChI is InChI=1S/C5H5ClN3O/c6-4-1-5(9(7)10)3-8-2-4/h1-3H,(H2,7,10)/q+1. The molecule has 5 heteroatoms. The fraction of sp³-hybridized carbons (Fsp3) is 0. The van der Waals surface area contributed by atoms with Crippen molar-refractivity contribution in [2.24, 2.45) is 5.84 Å². The molecule has 0 aliphatic heterocycles. The first kappa shape index (κ1) is 6.95. The van der Waals surface area contributed by atoms with E-state index in [1.165, 1.54) is 18.5 Å². The van der Waals surface area contributed by atoms with Crippen LogP contribution < -0.4 is 5.84 Å². The van der Waals surface area contributed by atoms with Crippen molar-refractivity contribution in [3.8, 4) is 0 Å². The maximum atomic E-state index is 10.4. The second kappa shape index (κ2) is 2.62. The second-order valence-corrected chi connectivity index (χ2v) is 2.12. The number of hydrogen-bond donors (Lipinski definition) is 1. The molecule has 1 aromatic heterocycles. The predicted molar refractivity (Wildman–Crippen MR) is 36.7 cm³/mol. The Bertz CT molecular complexity index is 263. The Kier molecular flexibility index (Phi) is 1.82. The molecule has 0 fully saturated rings. The summed E-state index contributed by atoms with van der Waals surface area (Å²) in [6, 6.07) is 1.43. The Labute approximate surface area is 62.2 Å². The third-order valence-electron chi connectivity index (χ3n) is 0.945. The highest BCUT2D eigenvalue weighted by Crippen LogP contribution is 2.12. The first-order valence-electron chi connectivity index (χ1n) is 2.52. The molecular formula is C5H5ClN3O+. The number of hydrogen-bond acceptors (Lipinski definition) is 2. The van der Waals surface area contributed by atoms with E-state index < -0.39 is 0 Å². The van der Waals surface area contributed by atoms with E-state index >= 15 is 0 Å². The van der Waals surface area contributed by atoms with Gasteiger partial charge in [0.05, 0.1) is 9.93 Å². The lowest BCUT2D eigenvalue weighted by atomic mass is 10.4. The fourth-order valence-corrected chi connectivity index (χ4v) is 0.689. The molecule has 0 amide bonds. The maximum absolute atomic E-state index is 10.4. The minimum atomic E-state index is 0.207. The smallest absolute Gasteiger partial charge is 0.256 e. The number of aromatic nitrogens is 1. The highest BCUT2D eigenvalue weighted by atomic mass is 35.5. The SMILES string of the molecule is N[N+](=O)c1cncc(Cl)c1. The maximum Gasteiger partial charge on any atom is 0.311 e. The molecule has 52 valence electrons. The van der Waals surface area contributed by atoms with Crippen molar-refractivity contribution in [1.29, 1.82) is 0 Å². The van der Waals surface area contributed by atoms with Crippen LogP contribution in [0.4, 0.5) is 5.69 Å². The summed E-state index contributed by atoms with van der Waals surface area (Å²) in [5.41, 5.74) is 0.243. The quantitative estimate of drug-likeness (QED) is 0.377. The van der Waals surface area contributed by atoms with Crippen LogP contribution in [0.15, 0.2) is 18.5 Å². The van der Waals surface area contributed by atoms with Gasteiger partial charge in [-0.15, -0.1) is 0 Å². The van der Waals surface area contributed by atoms with E-state index in [-0.39, 0.29) is 10.6 Å². The van der Waals surface area contributed by atoms with Crippen molar-refractivity contribution in [3.63, 3.8) is 0 Å². The molecular weight excluding hydrogens is 154 g/mol. The summed E-state index contributed by atoms with van der Waals surface area (Å²) in [7, 11) is 0. The zero-order valence-electron chi connectivity index (χ0n) is 4.99. The largest absolute Gasteiger partial charge is 0.311 e. The molecule has 4 nitrogen and oxygen atoms in total. The Morgan fingerprint density at radius 3 is 2.70 bits per heavy atom. The molecule has 0 aliphatic carbocycles. The van der Waals surface area contributed by atoms with Crippen LogP contribution in [0.1, 0.15) is 0 Å². The van der Waals surface area contributed by atoms with Crippen molar-refractivity contribution < 1.29 is 4.87 Å². The highest BCUT2D eigenvalue weighted by Gasteiger charge is 2.07. The second-order valence-electron chi connectivity index (χ2n) is 1.69. The lowest BCUT2D eigenvalue weighted by molar-refractivity contribution is -0.475. The fourth-order valence-electron chi connectivity index (χ4n) is 0.521. The molecule has 1 aromatic rings. The van der Waals surface area contributed by atoms with Crippen LogP contribution >= 0.6 is 11.6 Å². The van der Waals surface area contributed by atoms with Crippen LogP contribution in [-0.2, 0) is 0 Å². The van der Waals surface area contributed by atoms with Crippen LogP contribution in [-0.4, -0.2) is 9.85 Å². The lowest BCUT2D eigenvalue weighted by Crippen LogP contribution is -2.08. The molecule has 0 radical (unpaired) electrons. The van der Waals surface area contributed by atoms with E-state index in [0.717, 1.165) is 0 Å². The van der Waals surface area contributed by atoms with Crippen LogP contribution in [0.5, 0.6) is 0 Å². The summed E-state index contributed by atoms with van der Waals surface area (Å²) in [4.78, 5) is 14.3. The zero-order chi connectivity index (χ0) is 7.56. The summed E-state index contributed by atoms with van der Waals surface area (Å²) < 4.78 is 0. The molecule has 0 aliphatic rings. The van der Waals surface area contributed by atoms with Gasteiger partial charge in [-0.25, -0.2) is 0 Å². The van der Waals surface area contributed by atoms with Gasteiger partial charge >= 0.3 is 5.69 Å². The summed E-state index contributed by atoms with van der Waals surface area (Å²) in [5, 5.41) is 0.392. The third kappa shape index (κ3) is 1.41. The van der Waals surface area contributed by atoms with E-state index in [1.807, 2.05) is 0 Å². The molecule has 1 heterocycles. The first-order valence-corrected chi connectivity index (χ1v) is 2.90. The van der Waals surface area contributed by atoms with Crippen LogP contribution in [0.3, 0.4) is 0 Å². The monoisotopic (exact) mass is 158 g/mol. The van der Waals surface area contributed by atoms with E-state index in [1.54, 1.807) is 0 Å². The van der Waals surface area contributed by atoms with Gasteiger partial charge in [-0.3, -0.25) is 4.98 Å². The molecule has 0 aromatic carbocycles. The van der Waals surface area contributed by atoms with E-state index in [9.17, 15) is 4.91 Å². The number of rotatable bonds is 1. The van der Waals surface area contributed by atoms with Gasteiger partial charge in [0.2, 0.25) is 0 Å². The predicted octanol–water partition coefficient (Wildman–Crippen LogP) is 1.02. The van der Waals surface area contributed by atoms with E-state index in [4.69, 9.17) is 17.4 Å². The normalized spacial score (nSPS) is 9.30. The minimum absolute atomic E-state index is 0.207. The zero-order valence-corrected chi connectivity index (χ0v) is 5.75. The number of hydrazine groups is 1. The van der Waals surface area contributed by atoms with Crippen molar-refractivity contribution in [3.05, 3.63) is 28.4 Å². The van der Waals surface area contributed by atoms with Crippen LogP contribution in [0.2, 0.25) is 5.02 Å². The Morgan fingerprint density at radius 1 is 1.60 bits per heavy atom. The molecule has 0 saturated carbocycles. The number of nitrogens with zero attached hydrogens (tertiary/aromatic N) is 2. The van der Waals surface area contributed by atoms with Gasteiger partial charge in [0, 0.05) is 12.3 Å². The van der Waals surface area contributed by atoms with Gasteiger partial charge in [0.15, 0.2) is 4.87 Å². The molecule has 0 unspecified atom stereocenters. The van der Waals surface area contributed by atoms with Crippen LogP contribution in [0, 0.1) is 4.91 Å². The molecule has 0 atom stereocenters. The molecule has 0 spiro atoms. The van der Waals surface area contributed by atoms with Gasteiger partial charge in [-0.2, -0.15) is 5.84 Å². The Balaban J connectivity index is 3.07.